The lowest BCUT2D eigenvalue weighted by atomic mass is 10.2. The summed E-state index contributed by atoms with van der Waals surface area (Å²) in [7, 11) is 3.84. The van der Waals surface area contributed by atoms with Gasteiger partial charge in [0.25, 0.3) is 11.6 Å². The Morgan fingerprint density at radius 3 is 2.26 bits per heavy atom. The van der Waals surface area contributed by atoms with E-state index in [0.29, 0.717) is 11.1 Å². The van der Waals surface area contributed by atoms with E-state index in [1.54, 1.807) is 24.3 Å². The van der Waals surface area contributed by atoms with Gasteiger partial charge in [-0.1, -0.05) is 0 Å². The quantitative estimate of drug-likeness (QED) is 0.522. The van der Waals surface area contributed by atoms with Crippen molar-refractivity contribution >= 4 is 23.5 Å². The number of benzene rings is 2. The van der Waals surface area contributed by atoms with Crippen molar-refractivity contribution in [2.24, 2.45) is 5.10 Å². The number of hydrogen-bond donors (Lipinski definition) is 1. The van der Waals surface area contributed by atoms with Crippen LogP contribution in [0.3, 0.4) is 0 Å². The number of hydrazone groups is 1. The van der Waals surface area contributed by atoms with Gasteiger partial charge in [0, 0.05) is 37.5 Å². The van der Waals surface area contributed by atoms with Crippen molar-refractivity contribution < 1.29 is 9.72 Å². The minimum absolute atomic E-state index is 0.00664. The van der Waals surface area contributed by atoms with Gasteiger partial charge >= 0.3 is 0 Å². The Bertz CT molecular complexity index is 722. The summed E-state index contributed by atoms with van der Waals surface area (Å²) in [6, 6.07) is 13.0. The fourth-order valence-corrected chi connectivity index (χ4v) is 1.82. The number of nitrogens with one attached hydrogen (secondary N) is 1. The topological polar surface area (TPSA) is 87.8 Å². The molecule has 2 rings (SSSR count). The van der Waals surface area contributed by atoms with Gasteiger partial charge in [-0.3, -0.25) is 14.9 Å². The van der Waals surface area contributed by atoms with Crippen LogP contribution in [-0.2, 0) is 0 Å². The molecule has 0 aliphatic rings. The minimum atomic E-state index is -0.472. The molecule has 23 heavy (non-hydrogen) atoms. The van der Waals surface area contributed by atoms with Crippen LogP contribution in [0.5, 0.6) is 0 Å². The molecule has 0 aromatic heterocycles. The number of carbonyl (C=O) groups is 1. The molecule has 0 radical (unpaired) electrons. The molecule has 0 heterocycles. The summed E-state index contributed by atoms with van der Waals surface area (Å²) in [5.74, 6) is -0.325. The zero-order valence-corrected chi connectivity index (χ0v) is 12.8. The average molecular weight is 312 g/mol. The second kappa shape index (κ2) is 7.17. The van der Waals surface area contributed by atoms with Crippen LogP contribution in [0.4, 0.5) is 11.4 Å². The summed E-state index contributed by atoms with van der Waals surface area (Å²) >= 11 is 0. The van der Waals surface area contributed by atoms with Gasteiger partial charge in [-0.05, 0) is 42.0 Å². The second-order valence-electron chi connectivity index (χ2n) is 4.99. The molecule has 0 unspecified atom stereocenters. The summed E-state index contributed by atoms with van der Waals surface area (Å²) in [6.07, 6.45) is 1.43. The largest absolute Gasteiger partial charge is 0.378 e. The van der Waals surface area contributed by atoms with E-state index in [9.17, 15) is 14.9 Å². The molecule has 0 aliphatic heterocycles. The van der Waals surface area contributed by atoms with Crippen molar-refractivity contribution in [3.63, 3.8) is 0 Å². The molecule has 7 heteroatoms. The van der Waals surface area contributed by atoms with Crippen LogP contribution in [0.25, 0.3) is 0 Å². The Labute approximate surface area is 133 Å². The van der Waals surface area contributed by atoms with E-state index < -0.39 is 4.92 Å². The third-order valence-electron chi connectivity index (χ3n) is 3.13. The maximum absolute atomic E-state index is 11.9. The highest BCUT2D eigenvalue weighted by atomic mass is 16.6. The Kier molecular flexibility index (Phi) is 5.03. The van der Waals surface area contributed by atoms with Crippen molar-refractivity contribution in [1.29, 1.82) is 0 Å². The van der Waals surface area contributed by atoms with Crippen LogP contribution < -0.4 is 10.3 Å². The number of non-ortho nitro benzene ring substituents is 1. The second-order valence-corrected chi connectivity index (χ2v) is 4.99. The highest BCUT2D eigenvalue weighted by molar-refractivity contribution is 5.95. The van der Waals surface area contributed by atoms with Crippen LogP contribution in [-0.4, -0.2) is 31.1 Å². The molecule has 1 N–H and O–H groups in total. The zero-order chi connectivity index (χ0) is 16.8. The van der Waals surface area contributed by atoms with Gasteiger partial charge < -0.3 is 4.90 Å². The first-order chi connectivity index (χ1) is 11.0. The number of nitro groups is 1. The summed E-state index contributed by atoms with van der Waals surface area (Å²) in [5.41, 5.74) is 4.57. The van der Waals surface area contributed by atoms with Crippen molar-refractivity contribution in [1.82, 2.24) is 5.43 Å². The van der Waals surface area contributed by atoms with Crippen LogP contribution in [0.1, 0.15) is 15.9 Å². The van der Waals surface area contributed by atoms with Gasteiger partial charge in [0.05, 0.1) is 11.1 Å². The number of rotatable bonds is 5. The maximum Gasteiger partial charge on any atom is 0.271 e. The van der Waals surface area contributed by atoms with Crippen molar-refractivity contribution in [3.05, 3.63) is 69.8 Å². The van der Waals surface area contributed by atoms with Crippen LogP contribution in [0.2, 0.25) is 0 Å². The molecule has 118 valence electrons. The summed E-state index contributed by atoms with van der Waals surface area (Å²) in [4.78, 5) is 23.9. The third kappa shape index (κ3) is 4.37. The molecule has 2 aromatic rings. The van der Waals surface area contributed by atoms with E-state index in [1.165, 1.54) is 18.3 Å². The molecule has 0 saturated carbocycles. The molecular weight excluding hydrogens is 296 g/mol. The van der Waals surface area contributed by atoms with E-state index >= 15 is 0 Å². The van der Waals surface area contributed by atoms with E-state index in [1.807, 2.05) is 31.1 Å². The number of hydrogen-bond acceptors (Lipinski definition) is 5. The molecule has 0 fully saturated rings. The average Bonchev–Trinajstić information content (AvgIpc) is 2.55. The lowest BCUT2D eigenvalue weighted by molar-refractivity contribution is -0.384. The maximum atomic E-state index is 11.9. The molecule has 2 aromatic carbocycles. The van der Waals surface area contributed by atoms with Gasteiger partial charge in [0.1, 0.15) is 0 Å². The molecular formula is C16H16N4O3. The van der Waals surface area contributed by atoms with Crippen LogP contribution >= 0.6 is 0 Å². The lowest BCUT2D eigenvalue weighted by Gasteiger charge is -2.12. The number of amides is 1. The Morgan fingerprint density at radius 1 is 1.13 bits per heavy atom. The van der Waals surface area contributed by atoms with Crippen molar-refractivity contribution in [3.8, 4) is 0 Å². The molecule has 1 amide bonds. The van der Waals surface area contributed by atoms with E-state index in [2.05, 4.69) is 10.5 Å². The number of carbonyl (C=O) groups excluding carboxylic acids is 1. The summed E-state index contributed by atoms with van der Waals surface area (Å²) < 4.78 is 0. The molecule has 7 nitrogen and oxygen atoms in total. The normalized spacial score (nSPS) is 10.5. The molecule has 0 atom stereocenters. The first-order valence-corrected chi connectivity index (χ1v) is 6.82. The van der Waals surface area contributed by atoms with Crippen LogP contribution in [0, 0.1) is 10.1 Å². The fourth-order valence-electron chi connectivity index (χ4n) is 1.82. The van der Waals surface area contributed by atoms with Gasteiger partial charge in [0.2, 0.25) is 0 Å². The van der Waals surface area contributed by atoms with Gasteiger partial charge in [0.15, 0.2) is 0 Å². The predicted molar refractivity (Wildman–Crippen MR) is 88.9 cm³/mol. The number of nitrogens with zero attached hydrogens (tertiary/aromatic N) is 3. The Hall–Kier alpha value is -3.22. The van der Waals surface area contributed by atoms with Crippen molar-refractivity contribution in [2.45, 2.75) is 0 Å². The van der Waals surface area contributed by atoms with Gasteiger partial charge in [-0.2, -0.15) is 5.10 Å². The fraction of sp³-hybridized carbons (Fsp3) is 0.125. The number of anilines is 1. The van der Waals surface area contributed by atoms with Crippen molar-refractivity contribution in [2.75, 3.05) is 19.0 Å². The third-order valence-corrected chi connectivity index (χ3v) is 3.13. The standard InChI is InChI=1S/C16H16N4O3/c1-19(2)14-9-5-13(6-10-14)16(21)18-17-11-12-3-7-15(8-4-12)20(22)23/h3-11H,1-2H3,(H,18,21). The van der Waals surface area contributed by atoms with E-state index in [0.717, 1.165) is 5.69 Å². The molecule has 0 spiro atoms. The van der Waals surface area contributed by atoms with E-state index in [-0.39, 0.29) is 11.6 Å². The summed E-state index contributed by atoms with van der Waals surface area (Å²) in [5, 5.41) is 14.4. The molecule has 0 aliphatic carbocycles. The smallest absolute Gasteiger partial charge is 0.271 e. The first-order valence-electron chi connectivity index (χ1n) is 6.82. The Morgan fingerprint density at radius 2 is 1.74 bits per heavy atom. The van der Waals surface area contributed by atoms with E-state index in [4.69, 9.17) is 0 Å². The SMILES string of the molecule is CN(C)c1ccc(C(=O)NN=Cc2ccc([N+](=O)[O-])cc2)cc1. The Balaban J connectivity index is 1.96. The lowest BCUT2D eigenvalue weighted by Crippen LogP contribution is -2.17. The zero-order valence-electron chi connectivity index (χ0n) is 12.8. The molecule has 0 bridgehead atoms. The number of nitro benzene ring substituents is 1. The monoisotopic (exact) mass is 312 g/mol. The minimum Gasteiger partial charge on any atom is -0.378 e. The summed E-state index contributed by atoms with van der Waals surface area (Å²) in [6.45, 7) is 0. The highest BCUT2D eigenvalue weighted by Gasteiger charge is 2.05. The highest BCUT2D eigenvalue weighted by Crippen LogP contribution is 2.12. The first kappa shape index (κ1) is 16.2. The van der Waals surface area contributed by atoms with Gasteiger partial charge in [-0.25, -0.2) is 5.43 Å². The predicted octanol–water partition coefficient (Wildman–Crippen LogP) is 2.42. The molecule has 0 saturated heterocycles. The van der Waals surface area contributed by atoms with Crippen LogP contribution in [0.15, 0.2) is 53.6 Å². The van der Waals surface area contributed by atoms with Gasteiger partial charge in [-0.15, -0.1) is 0 Å².